The Labute approximate surface area is 151 Å². The Morgan fingerprint density at radius 2 is 2.04 bits per heavy atom. The largest absolute Gasteiger partial charge is 0.490 e. The second kappa shape index (κ2) is 8.42. The van der Waals surface area contributed by atoms with Crippen LogP contribution in [-0.2, 0) is 0 Å². The highest BCUT2D eigenvalue weighted by Gasteiger charge is 2.11. The predicted octanol–water partition coefficient (Wildman–Crippen LogP) is 3.18. The van der Waals surface area contributed by atoms with Gasteiger partial charge in [-0.15, -0.1) is 0 Å². The zero-order chi connectivity index (χ0) is 18.4. The van der Waals surface area contributed by atoms with E-state index in [1.165, 1.54) is 12.1 Å². The summed E-state index contributed by atoms with van der Waals surface area (Å²) in [6.07, 6.45) is 0.602. The Hall–Kier alpha value is -2.96. The molecular formula is C19H22FN3O3. The quantitative estimate of drug-likeness (QED) is 0.633. The molecular weight excluding hydrogens is 337 g/mol. The third-order valence-electron chi connectivity index (χ3n) is 3.67. The summed E-state index contributed by atoms with van der Waals surface area (Å²) in [5, 5.41) is 3.02. The zero-order valence-corrected chi connectivity index (χ0v) is 14.6. The first-order chi connectivity index (χ1) is 12.6. The minimum Gasteiger partial charge on any atom is -0.490 e. The predicted molar refractivity (Wildman–Crippen MR) is 98.7 cm³/mol. The van der Waals surface area contributed by atoms with Crippen molar-refractivity contribution < 1.29 is 18.6 Å². The molecule has 0 aliphatic carbocycles. The maximum atomic E-state index is 13.2. The summed E-state index contributed by atoms with van der Waals surface area (Å²) < 4.78 is 30.0. The first kappa shape index (κ1) is 17.8. The SMILES string of the molecule is CC(CN=C(N)Nc1ccc2c(c1)OCCCO2)Oc1cccc(F)c1. The Morgan fingerprint density at radius 1 is 1.23 bits per heavy atom. The van der Waals surface area contributed by atoms with Crippen LogP contribution in [0.4, 0.5) is 10.1 Å². The number of guanidine groups is 1. The molecule has 138 valence electrons. The third-order valence-corrected chi connectivity index (χ3v) is 3.67. The van der Waals surface area contributed by atoms with Crippen LogP contribution in [0.5, 0.6) is 17.2 Å². The number of hydrogen-bond donors (Lipinski definition) is 2. The summed E-state index contributed by atoms with van der Waals surface area (Å²) in [5.41, 5.74) is 6.69. The summed E-state index contributed by atoms with van der Waals surface area (Å²) in [4.78, 5) is 4.26. The van der Waals surface area contributed by atoms with E-state index < -0.39 is 0 Å². The highest BCUT2D eigenvalue weighted by atomic mass is 19.1. The van der Waals surface area contributed by atoms with Crippen molar-refractivity contribution in [3.8, 4) is 17.2 Å². The number of benzene rings is 2. The molecule has 1 heterocycles. The van der Waals surface area contributed by atoms with E-state index in [4.69, 9.17) is 19.9 Å². The average molecular weight is 359 g/mol. The summed E-state index contributed by atoms with van der Waals surface area (Å²) in [5.74, 6) is 1.79. The van der Waals surface area contributed by atoms with Gasteiger partial charge in [-0.25, -0.2) is 9.38 Å². The van der Waals surface area contributed by atoms with Crippen LogP contribution in [0.3, 0.4) is 0 Å². The summed E-state index contributed by atoms with van der Waals surface area (Å²) >= 11 is 0. The molecule has 6 nitrogen and oxygen atoms in total. The number of anilines is 1. The normalized spacial score (nSPS) is 15.1. The van der Waals surface area contributed by atoms with Crippen LogP contribution in [0.25, 0.3) is 0 Å². The van der Waals surface area contributed by atoms with Gasteiger partial charge in [0.2, 0.25) is 0 Å². The van der Waals surface area contributed by atoms with Crippen LogP contribution in [0.15, 0.2) is 47.5 Å². The monoisotopic (exact) mass is 359 g/mol. The number of hydrogen-bond acceptors (Lipinski definition) is 4. The van der Waals surface area contributed by atoms with Gasteiger partial charge in [0.25, 0.3) is 0 Å². The van der Waals surface area contributed by atoms with E-state index in [0.29, 0.717) is 31.3 Å². The minimum atomic E-state index is -0.339. The van der Waals surface area contributed by atoms with Crippen molar-refractivity contribution in [2.24, 2.45) is 10.7 Å². The highest BCUT2D eigenvalue weighted by molar-refractivity contribution is 5.92. The van der Waals surface area contributed by atoms with E-state index in [2.05, 4.69) is 10.3 Å². The van der Waals surface area contributed by atoms with E-state index >= 15 is 0 Å². The second-order valence-electron chi connectivity index (χ2n) is 5.95. The molecule has 1 aliphatic rings. The lowest BCUT2D eigenvalue weighted by molar-refractivity contribution is 0.229. The molecule has 0 saturated carbocycles. The molecule has 3 N–H and O–H groups in total. The van der Waals surface area contributed by atoms with Gasteiger partial charge in [-0.05, 0) is 31.2 Å². The van der Waals surface area contributed by atoms with Crippen molar-refractivity contribution in [1.29, 1.82) is 0 Å². The molecule has 0 bridgehead atoms. The molecule has 0 spiro atoms. The first-order valence-electron chi connectivity index (χ1n) is 8.49. The summed E-state index contributed by atoms with van der Waals surface area (Å²) in [6.45, 7) is 3.44. The molecule has 3 rings (SSSR count). The van der Waals surface area contributed by atoms with Gasteiger partial charge in [0, 0.05) is 24.2 Å². The van der Waals surface area contributed by atoms with Gasteiger partial charge in [0.1, 0.15) is 17.7 Å². The molecule has 1 atom stereocenters. The molecule has 1 aliphatic heterocycles. The van der Waals surface area contributed by atoms with Crippen molar-refractivity contribution in [1.82, 2.24) is 0 Å². The number of halogens is 1. The lowest BCUT2D eigenvalue weighted by atomic mass is 10.3. The van der Waals surface area contributed by atoms with Gasteiger partial charge in [0.05, 0.1) is 19.8 Å². The van der Waals surface area contributed by atoms with Gasteiger partial charge in [-0.2, -0.15) is 0 Å². The van der Waals surface area contributed by atoms with Crippen LogP contribution < -0.4 is 25.3 Å². The summed E-state index contributed by atoms with van der Waals surface area (Å²) in [7, 11) is 0. The molecule has 0 radical (unpaired) electrons. The lowest BCUT2D eigenvalue weighted by Gasteiger charge is -2.14. The van der Waals surface area contributed by atoms with Gasteiger partial charge in [-0.1, -0.05) is 6.07 Å². The Kier molecular flexibility index (Phi) is 5.78. The van der Waals surface area contributed by atoms with Crippen molar-refractivity contribution in [3.63, 3.8) is 0 Å². The van der Waals surface area contributed by atoms with Crippen LogP contribution >= 0.6 is 0 Å². The van der Waals surface area contributed by atoms with Crippen molar-refractivity contribution in [2.75, 3.05) is 25.1 Å². The topological polar surface area (TPSA) is 78.1 Å². The van der Waals surface area contributed by atoms with Crippen molar-refractivity contribution in [3.05, 3.63) is 48.3 Å². The third kappa shape index (κ3) is 5.02. The van der Waals surface area contributed by atoms with E-state index in [1.807, 2.05) is 25.1 Å². The Bertz CT molecular complexity index is 782. The number of nitrogens with two attached hydrogens (primary N) is 1. The van der Waals surface area contributed by atoms with Gasteiger partial charge in [0.15, 0.2) is 17.5 Å². The Balaban J connectivity index is 1.55. The average Bonchev–Trinajstić information content (AvgIpc) is 2.85. The van der Waals surface area contributed by atoms with E-state index in [0.717, 1.165) is 17.9 Å². The fraction of sp³-hybridized carbons (Fsp3) is 0.316. The molecule has 2 aromatic carbocycles. The zero-order valence-electron chi connectivity index (χ0n) is 14.6. The van der Waals surface area contributed by atoms with Crippen molar-refractivity contribution in [2.45, 2.75) is 19.4 Å². The number of ether oxygens (including phenoxy) is 3. The number of fused-ring (bicyclic) bond motifs is 1. The summed E-state index contributed by atoms with van der Waals surface area (Å²) in [6, 6.07) is 11.5. The number of nitrogens with zero attached hydrogens (tertiary/aromatic N) is 1. The molecule has 26 heavy (non-hydrogen) atoms. The van der Waals surface area contributed by atoms with E-state index in [-0.39, 0.29) is 17.9 Å². The van der Waals surface area contributed by atoms with E-state index in [9.17, 15) is 4.39 Å². The van der Waals surface area contributed by atoms with Crippen molar-refractivity contribution >= 4 is 11.6 Å². The van der Waals surface area contributed by atoms with Gasteiger partial charge >= 0.3 is 0 Å². The van der Waals surface area contributed by atoms with Crippen LogP contribution in [-0.4, -0.2) is 31.8 Å². The van der Waals surface area contributed by atoms with Crippen LogP contribution in [0.2, 0.25) is 0 Å². The molecule has 0 amide bonds. The number of aliphatic imine (C=N–C) groups is 1. The molecule has 1 unspecified atom stereocenters. The lowest BCUT2D eigenvalue weighted by Crippen LogP contribution is -2.25. The smallest absolute Gasteiger partial charge is 0.193 e. The van der Waals surface area contributed by atoms with Gasteiger partial charge < -0.3 is 25.3 Å². The minimum absolute atomic E-state index is 0.249. The number of nitrogens with one attached hydrogen (secondary N) is 1. The first-order valence-corrected chi connectivity index (χ1v) is 8.49. The fourth-order valence-electron chi connectivity index (χ4n) is 2.47. The molecule has 0 aromatic heterocycles. The van der Waals surface area contributed by atoms with Crippen LogP contribution in [0, 0.1) is 5.82 Å². The van der Waals surface area contributed by atoms with Gasteiger partial charge in [-0.3, -0.25) is 0 Å². The molecule has 7 heteroatoms. The highest BCUT2D eigenvalue weighted by Crippen LogP contribution is 2.32. The standard InChI is InChI=1S/C19H22FN3O3/c1-13(26-16-5-2-4-14(20)10-16)12-22-19(21)23-15-6-7-17-18(11-15)25-9-3-8-24-17/h2,4-7,10-11,13H,3,8-9,12H2,1H3,(H3,21,22,23). The maximum Gasteiger partial charge on any atom is 0.193 e. The molecule has 0 saturated heterocycles. The maximum absolute atomic E-state index is 13.2. The fourth-order valence-corrected chi connectivity index (χ4v) is 2.47. The molecule has 2 aromatic rings. The van der Waals surface area contributed by atoms with E-state index in [1.54, 1.807) is 12.1 Å². The second-order valence-corrected chi connectivity index (χ2v) is 5.95. The Morgan fingerprint density at radius 3 is 2.85 bits per heavy atom. The molecule has 0 fully saturated rings. The van der Waals surface area contributed by atoms with Crippen LogP contribution in [0.1, 0.15) is 13.3 Å². The number of rotatable bonds is 5.